The second-order valence-corrected chi connectivity index (χ2v) is 33.7. The Morgan fingerprint density at radius 1 is 0.598 bits per heavy atom. The fourth-order valence-corrected chi connectivity index (χ4v) is 12.7. The molecule has 0 radical (unpaired) electrons. The number of rotatable bonds is 7. The van der Waals surface area contributed by atoms with Crippen LogP contribution in [-0.2, 0) is 73.8 Å². The van der Waals surface area contributed by atoms with Gasteiger partial charge in [-0.3, -0.25) is 38.4 Å². The van der Waals surface area contributed by atoms with Crippen molar-refractivity contribution in [3.63, 3.8) is 0 Å². The molecule has 3 amide bonds. The van der Waals surface area contributed by atoms with Crippen LogP contribution >= 0.6 is 76.6 Å². The first-order valence-corrected chi connectivity index (χ1v) is 43.6. The molecule has 0 atom stereocenters. The van der Waals surface area contributed by atoms with Gasteiger partial charge in [-0.2, -0.15) is 4.98 Å². The smallest absolute Gasteiger partial charge is 1.00 e. The van der Waals surface area contributed by atoms with Crippen molar-refractivity contribution in [3.8, 4) is 5.82 Å². The third-order valence-corrected chi connectivity index (χ3v) is 17.8. The number of imidazole rings is 2. The Kier molecular flexibility index (Phi) is 49.6. The van der Waals surface area contributed by atoms with Crippen molar-refractivity contribution in [2.45, 2.75) is 123 Å². The summed E-state index contributed by atoms with van der Waals surface area (Å²) in [5, 5.41) is 34.8. The number of carbonyl (C=O) groups excluding carboxylic acids is 4. The van der Waals surface area contributed by atoms with E-state index in [1.165, 1.54) is 134 Å². The van der Waals surface area contributed by atoms with E-state index in [2.05, 4.69) is 36.2 Å². The summed E-state index contributed by atoms with van der Waals surface area (Å²) in [6.45, 7) is 6.29. The number of hydrogen-bond acceptors (Lipinski definition) is 17. The van der Waals surface area contributed by atoms with Gasteiger partial charge in [0.05, 0.1) is 44.4 Å². The Bertz CT molecular complexity index is 5160. The Morgan fingerprint density at radius 2 is 1.08 bits per heavy atom. The van der Waals surface area contributed by atoms with E-state index >= 15 is 0 Å². The average Bonchev–Trinajstić information content (AvgIpc) is 1.59. The van der Waals surface area contributed by atoms with Gasteiger partial charge in [0.1, 0.15) is 52.2 Å². The Labute approximate surface area is 757 Å². The van der Waals surface area contributed by atoms with E-state index in [1.807, 2.05) is 0 Å². The zero-order valence-electron chi connectivity index (χ0n) is 65.3. The number of nitrogens with zero attached hydrogens (tertiary/aromatic N) is 7. The molecule has 10 heterocycles. The molecule has 2 fully saturated rings. The van der Waals surface area contributed by atoms with E-state index in [0.29, 0.717) is 71.2 Å². The number of halogens is 14. The summed E-state index contributed by atoms with van der Waals surface area (Å²) in [4.78, 5) is 95.6. The van der Waals surface area contributed by atoms with Gasteiger partial charge in [-0.1, -0.05) is 7.43 Å². The number of H-pyrrole nitrogens is 1. The molecule has 122 heavy (non-hydrogen) atoms. The molecule has 0 spiro atoms. The van der Waals surface area contributed by atoms with Crippen LogP contribution in [-0.4, -0.2) is 140 Å². The van der Waals surface area contributed by atoms with E-state index in [4.69, 9.17) is 113 Å². The van der Waals surface area contributed by atoms with Crippen LogP contribution < -0.4 is 63.0 Å². The van der Waals surface area contributed by atoms with Crippen LogP contribution in [0, 0.1) is 60.9 Å². The number of amides is 3. The van der Waals surface area contributed by atoms with Gasteiger partial charge in [-0.05, 0) is 231 Å². The van der Waals surface area contributed by atoms with Crippen molar-refractivity contribution in [2.75, 3.05) is 77.5 Å². The molecule has 7 aliphatic rings. The summed E-state index contributed by atoms with van der Waals surface area (Å²) in [6, 6.07) is 28.0. The van der Waals surface area contributed by atoms with Crippen molar-refractivity contribution < 1.29 is 94.9 Å². The number of aromatic amines is 1. The first-order valence-electron chi connectivity index (χ1n) is 36.5. The quantitative estimate of drug-likeness (QED) is 0.0107. The van der Waals surface area contributed by atoms with Crippen molar-refractivity contribution in [3.05, 3.63) is 243 Å². The minimum Gasteiger partial charge on any atom is -1.00 e. The maximum absolute atomic E-state index is 13.8. The number of fused-ring (bicyclic) bond motifs is 3. The Balaban J connectivity index is 0.000000467. The molecular weight excluding hydrogens is 1780 g/mol. The molecule has 2 saturated heterocycles. The maximum atomic E-state index is 13.8. The number of carbonyl (C=O) groups is 4. The third-order valence-electron chi connectivity index (χ3n) is 17.1. The number of nitro groups is 1. The minimum atomic E-state index is -1.72. The summed E-state index contributed by atoms with van der Waals surface area (Å²) in [5.41, 5.74) is 20.6. The Hall–Kier alpha value is -8.64. The van der Waals surface area contributed by atoms with Crippen LogP contribution in [0.25, 0.3) is 27.9 Å². The van der Waals surface area contributed by atoms with E-state index in [0.717, 1.165) is 129 Å². The number of nitrogens with one attached hydrogen (secondary N) is 5. The van der Waals surface area contributed by atoms with Crippen molar-refractivity contribution in [2.24, 2.45) is 0 Å². The van der Waals surface area contributed by atoms with Gasteiger partial charge in [-0.15, -0.1) is 33.3 Å². The normalized spacial score (nSPS) is 13.3. The molecule has 0 bridgehead atoms. The average molecular weight is 1870 g/mol. The molecule has 7 aromatic carbocycles. The van der Waals surface area contributed by atoms with Gasteiger partial charge in [-0.25, -0.2) is 80.0 Å². The molecule has 27 nitrogen and oxygen atoms in total. The summed E-state index contributed by atoms with van der Waals surface area (Å²) in [5.74, 6) is -1.83. The number of ether oxygens (including phenoxy) is 2. The number of nitrogen functional groups attached to an aromatic ring is 2. The monoisotopic (exact) mass is 1870 g/mol. The second kappa shape index (κ2) is 56.3. The summed E-state index contributed by atoms with van der Waals surface area (Å²) < 4.78 is 105. The van der Waals surface area contributed by atoms with Crippen LogP contribution in [0.1, 0.15) is 107 Å². The van der Waals surface area contributed by atoms with Gasteiger partial charge in [0.25, 0.3) is 10.8 Å². The number of anilines is 6. The number of nitro benzene ring substituents is 1. The number of nitrogens with two attached hydrogens (primary N) is 2. The molecule has 44 heteroatoms. The first kappa shape index (κ1) is 108. The number of alkyl halides is 2. The fraction of sp³-hybridized carbons (Fsp3) is 0.333. The van der Waals surface area contributed by atoms with Crippen molar-refractivity contribution in [1.29, 1.82) is 0 Å². The van der Waals surface area contributed by atoms with E-state index in [9.17, 15) is 69.6 Å². The van der Waals surface area contributed by atoms with Crippen LogP contribution in [0.2, 0.25) is 5.28 Å². The minimum absolute atomic E-state index is 0. The second-order valence-electron chi connectivity index (χ2n) is 25.8. The molecule has 0 unspecified atom stereocenters. The maximum Gasteiger partial charge on any atom is 1.00 e. The predicted molar refractivity (Wildman–Crippen MR) is 466 cm³/mol. The molecule has 7 aliphatic heterocycles. The van der Waals surface area contributed by atoms with Crippen LogP contribution in [0.3, 0.4) is 0 Å². The zero-order chi connectivity index (χ0) is 87.3. The van der Waals surface area contributed by atoms with Crippen LogP contribution in [0.4, 0.5) is 70.5 Å². The van der Waals surface area contributed by atoms with Crippen LogP contribution in [0.5, 0.6) is 0 Å². The molecule has 10 aromatic rings. The third kappa shape index (κ3) is 37.0. The molecule has 654 valence electrons. The number of aromatic nitrogens is 6. The first-order chi connectivity index (χ1) is 56.7. The number of hydrogen-bond donors (Lipinski definition) is 8. The van der Waals surface area contributed by atoms with Crippen molar-refractivity contribution >= 4 is 190 Å². The van der Waals surface area contributed by atoms with Crippen molar-refractivity contribution in [1.82, 2.24) is 28.7 Å². The standard InChI is InChI=1S/C14H10ClFN4O.C10H9FN2O.C9H9ClFNO.C9H7FN2O3.C9H11FN2.C9H8FNO.C6H6FN.2C4H8O.C3H4Cl2O.CH4.2Al.3ClH.Li.HNO3.4H/c15-13-17-4-3-11(18-13)20-10-7-9(16)6-8-2-1-5-19(12(8)10)14(20)21;11-7-4-6-2-1-3-13-9(6)8(5-7)12-10(13)14;10-6-5-9(13)12-8-3-1-7(11)2-4-8;10-6-3-5-1-2-8(13)11-9(5)7(4-6)12(14)15;10-7-4-6-2-1-3-12-9(6)8(11)5-7;10-7-2-3-8-6(5-7)1-4-9(12)11-8;7-5-1-3-6(8)4-2-5;2*1-2-4-5-3-1;4-2-1-3(5)6;;;;;;;;2-1(3)4;;;;/h3-4,6-7H,1-2,5H2;4-5H,1-3H2,(H,12,14);1-4H,5-6H2,(H,12,13);3-4H,1-2H2,(H,11,13);4-5,12H,1-3,11H2;2-3,5H,1,4H2,(H,11,12);1-4H,8H2;2*1-4H2;1-2H2;1H4;;;3*1H;;(H,2,3,4);;;;/q;;;;;;;;;;;;+3;;;;+1;;;;;-1/p-3. The van der Waals surface area contributed by atoms with Crippen LogP contribution in [0.15, 0.2) is 137 Å². The summed E-state index contributed by atoms with van der Waals surface area (Å²) in [6.07, 6.45) is 14.1. The summed E-state index contributed by atoms with van der Waals surface area (Å²) >= 11 is 19.4. The van der Waals surface area contributed by atoms with Gasteiger partial charge in [0, 0.05) is 119 Å². The molecule has 10 N–H and O–H groups in total. The number of benzene rings is 7. The Morgan fingerprint density at radius 3 is 1.61 bits per heavy atom. The van der Waals surface area contributed by atoms with Gasteiger partial charge in [0.2, 0.25) is 28.2 Å². The van der Waals surface area contributed by atoms with E-state index in [1.54, 1.807) is 27.3 Å². The van der Waals surface area contributed by atoms with Gasteiger partial charge < -0.3 is 53.8 Å². The number of aryl methyl sites for hydroxylation is 7. The predicted octanol–water partition coefficient (Wildman–Crippen LogP) is 13.5. The van der Waals surface area contributed by atoms with E-state index in [-0.39, 0.29) is 150 Å². The fourth-order valence-electron chi connectivity index (χ4n) is 12.1. The molecule has 0 saturated carbocycles. The van der Waals surface area contributed by atoms with Gasteiger partial charge >= 0.3 is 41.6 Å². The molecule has 3 aromatic heterocycles. The van der Waals surface area contributed by atoms with E-state index < -0.39 is 32.9 Å². The largest absolute Gasteiger partial charge is 1.00 e. The molecule has 17 rings (SSSR count). The topological polar surface area (TPSA) is 384 Å². The van der Waals surface area contributed by atoms with Gasteiger partial charge in [0.15, 0.2) is 17.4 Å². The SMILES string of the molecule is C.C1CCOC1.C1CCOC1.Nc1cc(F)cc2c1NCCC2.Nc1ccc(F)cc1.O=C(CCCl)Nc1ccc(F)cc1.O=C(Cl)CCCl.O=C1CCc2cc(F)cc([N+](=O)[O-])c2N1.O=C1CCc2cc(F)ccc2N1.O=[N+]([O-])O.O=c1[nH]c2cc(F)cc3c2n1CCC3.O=c1n2c3c(cc(F)cc3n1-c1ccnc(Cl)n1)CCC2.[AlH3].[Cl][Al]([Cl])[Cl].[H-].[Li+]. The molecular formula is C78H89Al2Cl7F7LiN14O13. The summed E-state index contributed by atoms with van der Waals surface area (Å²) in [7, 11) is 14.8. The molecule has 0 aliphatic carbocycles. The zero-order valence-corrected chi connectivity index (χ0v) is 70.7.